The number of pyridine rings is 1. The predicted molar refractivity (Wildman–Crippen MR) is 132 cm³/mol. The molecule has 1 aliphatic heterocycles. The molecule has 0 unspecified atom stereocenters. The van der Waals surface area contributed by atoms with Gasteiger partial charge in [0.2, 0.25) is 0 Å². The first-order valence-corrected chi connectivity index (χ1v) is 11.4. The fourth-order valence-electron chi connectivity index (χ4n) is 4.18. The summed E-state index contributed by atoms with van der Waals surface area (Å²) in [5.41, 5.74) is 6.30. The van der Waals surface area contributed by atoms with Crippen LogP contribution in [0.1, 0.15) is 43.5 Å². The van der Waals surface area contributed by atoms with Crippen LogP contribution < -0.4 is 10.3 Å². The van der Waals surface area contributed by atoms with Crippen molar-refractivity contribution in [2.45, 2.75) is 46.8 Å². The Morgan fingerprint density at radius 2 is 1.97 bits per heavy atom. The van der Waals surface area contributed by atoms with Gasteiger partial charge in [-0.1, -0.05) is 24.8 Å². The van der Waals surface area contributed by atoms with Crippen molar-refractivity contribution in [2.24, 2.45) is 0 Å². The Labute approximate surface area is 203 Å². The van der Waals surface area contributed by atoms with Gasteiger partial charge >= 0.3 is 6.11 Å². The molecular weight excluding hydrogens is 450 g/mol. The van der Waals surface area contributed by atoms with Gasteiger partial charge < -0.3 is 14.6 Å². The fourth-order valence-corrected chi connectivity index (χ4v) is 4.18. The zero-order chi connectivity index (χ0) is 25.3. The van der Waals surface area contributed by atoms with Crippen LogP contribution >= 0.6 is 0 Å². The largest absolute Gasteiger partial charge is 0.432 e. The first-order chi connectivity index (χ1) is 16.5. The lowest BCUT2D eigenvalue weighted by Gasteiger charge is -2.32. The monoisotopic (exact) mass is 478 g/mol. The molecule has 0 fully saturated rings. The third-order valence-corrected chi connectivity index (χ3v) is 6.13. The first-order valence-electron chi connectivity index (χ1n) is 11.4. The van der Waals surface area contributed by atoms with E-state index in [1.807, 2.05) is 19.9 Å². The molecule has 182 valence electrons. The van der Waals surface area contributed by atoms with E-state index in [1.54, 1.807) is 31.3 Å². The average molecular weight is 479 g/mol. The SMILES string of the molecule is C=C(/C(C)=C(/C)c1nc(C)cc(=O)[nH]1)N1CCc2ncc(-c3ccccc3OC(C)(F)F)cc2C1. The second-order valence-electron chi connectivity index (χ2n) is 8.84. The molecular formula is C27H28F2N4O2. The fraction of sp³-hybridized carbons (Fsp3) is 0.296. The molecule has 1 N–H and O–H groups in total. The normalized spacial score (nSPS) is 14.3. The van der Waals surface area contributed by atoms with E-state index in [1.165, 1.54) is 12.1 Å². The number of allylic oxidation sites excluding steroid dienone is 2. The van der Waals surface area contributed by atoms with E-state index < -0.39 is 6.11 Å². The third-order valence-electron chi connectivity index (χ3n) is 6.13. The molecule has 2 aromatic heterocycles. The van der Waals surface area contributed by atoms with Crippen molar-refractivity contribution in [3.05, 3.63) is 93.6 Å². The summed E-state index contributed by atoms with van der Waals surface area (Å²) in [6.07, 6.45) is -0.857. The Hall–Kier alpha value is -3.81. The molecule has 0 saturated carbocycles. The van der Waals surface area contributed by atoms with Crippen molar-refractivity contribution in [3.63, 3.8) is 0 Å². The van der Waals surface area contributed by atoms with Gasteiger partial charge in [-0.3, -0.25) is 9.78 Å². The zero-order valence-electron chi connectivity index (χ0n) is 20.3. The van der Waals surface area contributed by atoms with Crippen molar-refractivity contribution in [2.75, 3.05) is 6.54 Å². The summed E-state index contributed by atoms with van der Waals surface area (Å²) in [5.74, 6) is 0.632. The molecule has 0 aliphatic carbocycles. The Kier molecular flexibility index (Phi) is 6.56. The maximum atomic E-state index is 13.5. The lowest BCUT2D eigenvalue weighted by molar-refractivity contribution is -0.158. The number of hydrogen-bond acceptors (Lipinski definition) is 5. The van der Waals surface area contributed by atoms with E-state index in [-0.39, 0.29) is 11.3 Å². The number of para-hydroxylation sites is 1. The smallest absolute Gasteiger partial charge is 0.394 e. The second kappa shape index (κ2) is 9.44. The van der Waals surface area contributed by atoms with Crippen molar-refractivity contribution in [1.29, 1.82) is 0 Å². The molecule has 35 heavy (non-hydrogen) atoms. The lowest BCUT2D eigenvalue weighted by Crippen LogP contribution is -2.30. The van der Waals surface area contributed by atoms with Crippen LogP contribution in [0.15, 0.2) is 65.2 Å². The van der Waals surface area contributed by atoms with Gasteiger partial charge in [-0.25, -0.2) is 4.98 Å². The third kappa shape index (κ3) is 5.48. The van der Waals surface area contributed by atoms with Gasteiger partial charge in [0.1, 0.15) is 11.6 Å². The summed E-state index contributed by atoms with van der Waals surface area (Å²) in [4.78, 5) is 25.9. The minimum atomic E-state index is -3.29. The number of rotatable bonds is 6. The number of aromatic nitrogens is 3. The Morgan fingerprint density at radius 1 is 1.23 bits per heavy atom. The Morgan fingerprint density at radius 3 is 2.69 bits per heavy atom. The van der Waals surface area contributed by atoms with Crippen LogP contribution in [-0.4, -0.2) is 32.5 Å². The molecule has 1 aromatic carbocycles. The van der Waals surface area contributed by atoms with Gasteiger partial charge in [0, 0.05) is 66.9 Å². The number of fused-ring (bicyclic) bond motifs is 1. The molecule has 0 atom stereocenters. The summed E-state index contributed by atoms with van der Waals surface area (Å²) in [6.45, 7) is 12.0. The van der Waals surface area contributed by atoms with Crippen LogP contribution in [0.5, 0.6) is 5.75 Å². The number of halogens is 2. The molecule has 3 aromatic rings. The summed E-state index contributed by atoms with van der Waals surface area (Å²) >= 11 is 0. The Balaban J connectivity index is 1.62. The maximum absolute atomic E-state index is 13.5. The van der Waals surface area contributed by atoms with Crippen LogP contribution in [0.4, 0.5) is 8.78 Å². The topological polar surface area (TPSA) is 71.1 Å². The summed E-state index contributed by atoms with van der Waals surface area (Å²) in [6, 6.07) is 10.2. The van der Waals surface area contributed by atoms with Crippen molar-refractivity contribution >= 4 is 5.57 Å². The highest BCUT2D eigenvalue weighted by molar-refractivity contribution is 5.70. The number of benzene rings is 1. The molecule has 8 heteroatoms. The number of H-pyrrole nitrogens is 1. The van der Waals surface area contributed by atoms with Crippen LogP contribution in [-0.2, 0) is 13.0 Å². The second-order valence-corrected chi connectivity index (χ2v) is 8.84. The number of aromatic amines is 1. The molecule has 1 aliphatic rings. The number of alkyl halides is 2. The first kappa shape index (κ1) is 24.3. The standard InChI is InChI=1S/C27H28F2N4O2/c1-16-12-25(34)32-26(31-16)18(3)17(2)19(4)33-11-10-23-21(15-33)13-20(14-30-23)22-8-6-7-9-24(22)35-27(5,28)29/h6-9,12-14H,4,10-11,15H2,1-3,5H3,(H,31,32,34)/b18-17-. The van der Waals surface area contributed by atoms with Gasteiger partial charge in [-0.05, 0) is 49.6 Å². The van der Waals surface area contributed by atoms with E-state index in [2.05, 4.69) is 26.4 Å². The molecule has 3 heterocycles. The maximum Gasteiger partial charge on any atom is 0.394 e. The quantitative estimate of drug-likeness (QED) is 0.474. The number of hydrogen-bond donors (Lipinski definition) is 1. The van der Waals surface area contributed by atoms with E-state index in [0.717, 1.165) is 48.0 Å². The van der Waals surface area contributed by atoms with Crippen LogP contribution in [0.25, 0.3) is 16.7 Å². The van der Waals surface area contributed by atoms with Gasteiger partial charge in [0.15, 0.2) is 0 Å². The van der Waals surface area contributed by atoms with Crippen LogP contribution in [0.3, 0.4) is 0 Å². The van der Waals surface area contributed by atoms with Crippen molar-refractivity contribution in [1.82, 2.24) is 19.9 Å². The highest BCUT2D eigenvalue weighted by atomic mass is 19.3. The van der Waals surface area contributed by atoms with Gasteiger partial charge in [-0.2, -0.15) is 8.78 Å². The predicted octanol–water partition coefficient (Wildman–Crippen LogP) is 5.50. The van der Waals surface area contributed by atoms with Crippen LogP contribution in [0, 0.1) is 6.92 Å². The highest BCUT2D eigenvalue weighted by Gasteiger charge is 2.26. The molecule has 6 nitrogen and oxygen atoms in total. The Bertz CT molecular complexity index is 1370. The highest BCUT2D eigenvalue weighted by Crippen LogP contribution is 2.35. The number of aryl methyl sites for hydroxylation is 1. The lowest BCUT2D eigenvalue weighted by atomic mass is 9.98. The molecule has 0 amide bonds. The molecule has 4 rings (SSSR count). The summed E-state index contributed by atoms with van der Waals surface area (Å²) < 4.78 is 32.0. The van der Waals surface area contributed by atoms with E-state index in [0.29, 0.717) is 29.2 Å². The number of ether oxygens (including phenoxy) is 1. The minimum absolute atomic E-state index is 0.105. The van der Waals surface area contributed by atoms with E-state index in [4.69, 9.17) is 4.74 Å². The zero-order valence-corrected chi connectivity index (χ0v) is 20.3. The summed E-state index contributed by atoms with van der Waals surface area (Å²) in [5, 5.41) is 0. The van der Waals surface area contributed by atoms with Gasteiger partial charge in [0.05, 0.1) is 0 Å². The van der Waals surface area contributed by atoms with E-state index in [9.17, 15) is 13.6 Å². The van der Waals surface area contributed by atoms with Gasteiger partial charge in [-0.15, -0.1) is 0 Å². The summed E-state index contributed by atoms with van der Waals surface area (Å²) in [7, 11) is 0. The average Bonchev–Trinajstić information content (AvgIpc) is 2.80. The molecule has 0 saturated heterocycles. The van der Waals surface area contributed by atoms with Gasteiger partial charge in [0.25, 0.3) is 5.56 Å². The van der Waals surface area contributed by atoms with Crippen molar-refractivity contribution in [3.8, 4) is 16.9 Å². The molecule has 0 spiro atoms. The van der Waals surface area contributed by atoms with Crippen LogP contribution in [0.2, 0.25) is 0 Å². The minimum Gasteiger partial charge on any atom is -0.432 e. The van der Waals surface area contributed by atoms with Crippen molar-refractivity contribution < 1.29 is 13.5 Å². The molecule has 0 bridgehead atoms. The number of nitrogens with zero attached hydrogens (tertiary/aromatic N) is 3. The van der Waals surface area contributed by atoms with E-state index >= 15 is 0 Å². The molecule has 0 radical (unpaired) electrons. The number of nitrogens with one attached hydrogen (secondary N) is 1.